The van der Waals surface area contributed by atoms with Crippen molar-refractivity contribution in [2.75, 3.05) is 6.54 Å². The number of halogens is 5. The second-order valence-electron chi connectivity index (χ2n) is 9.02. The van der Waals surface area contributed by atoms with Gasteiger partial charge < -0.3 is 20.7 Å². The number of nitrogens with zero attached hydrogens (tertiary/aromatic N) is 1. The number of thioether (sulfide) groups is 1. The molecule has 0 amide bonds. The van der Waals surface area contributed by atoms with Crippen molar-refractivity contribution in [3.8, 4) is 0 Å². The summed E-state index contributed by atoms with van der Waals surface area (Å²) in [7, 11) is 0. The van der Waals surface area contributed by atoms with Crippen LogP contribution in [0.15, 0.2) is 46.1 Å². The van der Waals surface area contributed by atoms with Gasteiger partial charge in [-0.1, -0.05) is 46.9 Å². The van der Waals surface area contributed by atoms with Crippen LogP contribution in [0, 0.1) is 5.92 Å². The Morgan fingerprint density at radius 2 is 2.06 bits per heavy atom. The number of aldehydes is 1. The van der Waals surface area contributed by atoms with Crippen LogP contribution in [0.5, 0.6) is 0 Å². The van der Waals surface area contributed by atoms with E-state index < -0.39 is 24.2 Å². The van der Waals surface area contributed by atoms with Crippen LogP contribution in [0.4, 0.5) is 13.2 Å². The van der Waals surface area contributed by atoms with E-state index in [0.717, 1.165) is 42.4 Å². The first kappa shape index (κ1) is 26.4. The molecule has 4 atom stereocenters. The Balaban J connectivity index is 1.63. The molecule has 190 valence electrons. The van der Waals surface area contributed by atoms with Gasteiger partial charge in [-0.2, -0.15) is 13.2 Å². The molecule has 3 N–H and O–H groups in total. The summed E-state index contributed by atoms with van der Waals surface area (Å²) in [5.41, 5.74) is 4.74. The van der Waals surface area contributed by atoms with Crippen LogP contribution >= 0.6 is 35.0 Å². The number of carbonyl (C=O) groups is 1. The van der Waals surface area contributed by atoms with E-state index in [9.17, 15) is 18.0 Å². The van der Waals surface area contributed by atoms with Crippen molar-refractivity contribution in [2.24, 2.45) is 16.8 Å². The lowest BCUT2D eigenvalue weighted by Crippen LogP contribution is -2.42. The second-order valence-corrected chi connectivity index (χ2v) is 11.0. The summed E-state index contributed by atoms with van der Waals surface area (Å²) >= 11 is 13.5. The van der Waals surface area contributed by atoms with E-state index in [2.05, 4.69) is 17.1 Å². The summed E-state index contributed by atoms with van der Waals surface area (Å²) in [4.78, 5) is 17.4. The van der Waals surface area contributed by atoms with E-state index >= 15 is 0 Å². The predicted octanol–water partition coefficient (Wildman–Crippen LogP) is 6.11. The lowest BCUT2D eigenvalue weighted by atomic mass is 9.80. The van der Waals surface area contributed by atoms with E-state index in [4.69, 9.17) is 33.8 Å². The number of oxime groups is 1. The van der Waals surface area contributed by atoms with Crippen molar-refractivity contribution in [2.45, 2.75) is 61.6 Å². The topological polar surface area (TPSA) is 76.7 Å². The number of alkyl halides is 3. The van der Waals surface area contributed by atoms with Gasteiger partial charge in [0.2, 0.25) is 0 Å². The van der Waals surface area contributed by atoms with Gasteiger partial charge in [0.1, 0.15) is 6.29 Å². The zero-order chi connectivity index (χ0) is 25.4. The molecule has 2 heterocycles. The quantitative estimate of drug-likeness (QED) is 0.384. The molecule has 11 heteroatoms. The summed E-state index contributed by atoms with van der Waals surface area (Å²) in [6.07, 6.45) is -0.332. The molecule has 4 rings (SSSR count). The fourth-order valence-electron chi connectivity index (χ4n) is 4.99. The van der Waals surface area contributed by atoms with Crippen molar-refractivity contribution < 1.29 is 22.8 Å². The highest BCUT2D eigenvalue weighted by atomic mass is 35.5. The number of fused-ring (bicyclic) bond motifs is 1. The van der Waals surface area contributed by atoms with Crippen molar-refractivity contribution >= 4 is 47.0 Å². The lowest BCUT2D eigenvalue weighted by molar-refractivity contribution is -0.275. The number of carbonyl (C=O) groups excluding carboxylic acids is 1. The van der Waals surface area contributed by atoms with Crippen molar-refractivity contribution in [1.82, 2.24) is 5.32 Å². The molecule has 0 bridgehead atoms. The highest BCUT2D eigenvalue weighted by Gasteiger charge is 2.63. The van der Waals surface area contributed by atoms with E-state index in [0.29, 0.717) is 18.7 Å². The SMILES string of the molecule is C=C(N[C@@H](C=O)CCN)C1SC(C2=NOC(c3cc(Cl)cc(Cl)c3)(C(F)(F)F)C2)=C2CCCCC21. The second kappa shape index (κ2) is 10.4. The molecular weight excluding hydrogens is 522 g/mol. The zero-order valence-electron chi connectivity index (χ0n) is 18.8. The molecule has 1 saturated carbocycles. The Bertz CT molecular complexity index is 1060. The van der Waals surface area contributed by atoms with Gasteiger partial charge in [0.05, 0.1) is 23.4 Å². The fourth-order valence-corrected chi connectivity index (χ4v) is 7.10. The minimum absolute atomic E-state index is 0.0856. The molecule has 0 aromatic heterocycles. The van der Waals surface area contributed by atoms with Crippen LogP contribution in [-0.4, -0.2) is 36.0 Å². The predicted molar refractivity (Wildman–Crippen MR) is 133 cm³/mol. The Kier molecular flexibility index (Phi) is 7.81. The van der Waals surface area contributed by atoms with Crippen molar-refractivity contribution in [3.05, 3.63) is 56.6 Å². The van der Waals surface area contributed by atoms with Gasteiger partial charge in [0.15, 0.2) is 0 Å². The van der Waals surface area contributed by atoms with E-state index in [1.807, 2.05) is 0 Å². The molecule has 1 aliphatic carbocycles. The first-order chi connectivity index (χ1) is 16.6. The van der Waals surface area contributed by atoms with E-state index in [-0.39, 0.29) is 32.5 Å². The maximum atomic E-state index is 14.4. The minimum atomic E-state index is -4.75. The molecule has 0 radical (unpaired) electrons. The third kappa shape index (κ3) is 5.10. The van der Waals surface area contributed by atoms with Gasteiger partial charge in [-0.3, -0.25) is 0 Å². The highest BCUT2D eigenvalue weighted by Crippen LogP contribution is 2.55. The standard InChI is InChI=1S/C24H26Cl2F3N3O2S/c1-13(31-17(12-33)6-7-30)21-18-4-2-3-5-19(18)22(35-21)20-11-23(34-32-20,24(27,28)29)14-8-15(25)10-16(26)9-14/h8-10,12,17-18,21,31H,1-7,11,30H2/t17-,18?,21?,23?/m1/s1. The smallest absolute Gasteiger partial charge is 0.378 e. The Hall–Kier alpha value is -1.68. The number of rotatable bonds is 8. The number of hydrogen-bond acceptors (Lipinski definition) is 6. The largest absolute Gasteiger partial charge is 0.435 e. The molecule has 0 saturated heterocycles. The molecular formula is C24H26Cl2F3N3O2S. The van der Waals surface area contributed by atoms with Gasteiger partial charge in [-0.15, -0.1) is 11.8 Å². The van der Waals surface area contributed by atoms with Crippen LogP contribution in [0.1, 0.15) is 44.1 Å². The Labute approximate surface area is 216 Å². The van der Waals surface area contributed by atoms with Crippen LogP contribution < -0.4 is 11.1 Å². The Morgan fingerprint density at radius 3 is 2.69 bits per heavy atom. The summed E-state index contributed by atoms with van der Waals surface area (Å²) in [5, 5.41) is 7.19. The van der Waals surface area contributed by atoms with Crippen molar-refractivity contribution in [3.63, 3.8) is 0 Å². The third-order valence-electron chi connectivity index (χ3n) is 6.69. The van der Waals surface area contributed by atoms with Crippen molar-refractivity contribution in [1.29, 1.82) is 0 Å². The maximum absolute atomic E-state index is 14.4. The molecule has 3 unspecified atom stereocenters. The summed E-state index contributed by atoms with van der Waals surface area (Å²) < 4.78 is 43.3. The van der Waals surface area contributed by atoms with Gasteiger partial charge in [-0.05, 0) is 56.3 Å². The molecule has 35 heavy (non-hydrogen) atoms. The normalized spacial score (nSPS) is 27.2. The Morgan fingerprint density at radius 1 is 1.34 bits per heavy atom. The molecule has 1 aromatic carbocycles. The summed E-state index contributed by atoms with van der Waals surface area (Å²) in [6, 6.07) is 3.35. The molecule has 3 aliphatic rings. The number of benzene rings is 1. The third-order valence-corrected chi connectivity index (χ3v) is 8.73. The van der Waals surface area contributed by atoms with E-state index in [1.54, 1.807) is 0 Å². The van der Waals surface area contributed by atoms with Gasteiger partial charge in [0, 0.05) is 26.2 Å². The lowest BCUT2D eigenvalue weighted by Gasteiger charge is -2.29. The fraction of sp³-hybridized carbons (Fsp3) is 0.500. The van der Waals surface area contributed by atoms with Crippen LogP contribution in [-0.2, 0) is 15.2 Å². The van der Waals surface area contributed by atoms with Gasteiger partial charge in [-0.25, -0.2) is 0 Å². The van der Waals surface area contributed by atoms with E-state index in [1.165, 1.54) is 30.0 Å². The number of hydrogen-bond donors (Lipinski definition) is 2. The van der Waals surface area contributed by atoms with Gasteiger partial charge in [0.25, 0.3) is 5.60 Å². The maximum Gasteiger partial charge on any atom is 0.435 e. The molecule has 1 aromatic rings. The minimum Gasteiger partial charge on any atom is -0.378 e. The zero-order valence-corrected chi connectivity index (χ0v) is 21.2. The number of nitrogens with one attached hydrogen (secondary N) is 1. The molecule has 1 fully saturated rings. The summed E-state index contributed by atoms with van der Waals surface area (Å²) in [5.74, 6) is 0.109. The first-order valence-corrected chi connectivity index (χ1v) is 13.0. The number of allylic oxidation sites excluding steroid dienone is 2. The van der Waals surface area contributed by atoms with Gasteiger partial charge >= 0.3 is 6.18 Å². The monoisotopic (exact) mass is 547 g/mol. The first-order valence-electron chi connectivity index (χ1n) is 11.4. The number of nitrogens with two attached hydrogens (primary N) is 1. The van der Waals surface area contributed by atoms with Crippen LogP contribution in [0.2, 0.25) is 10.0 Å². The molecule has 0 spiro atoms. The average Bonchev–Trinajstić information content (AvgIpc) is 3.41. The van der Waals surface area contributed by atoms with Crippen LogP contribution in [0.3, 0.4) is 0 Å². The van der Waals surface area contributed by atoms with Crippen LogP contribution in [0.25, 0.3) is 0 Å². The molecule has 5 nitrogen and oxygen atoms in total. The molecule has 2 aliphatic heterocycles. The highest BCUT2D eigenvalue weighted by molar-refractivity contribution is 8.05. The summed E-state index contributed by atoms with van der Waals surface area (Å²) in [6.45, 7) is 4.50. The average molecular weight is 548 g/mol.